The van der Waals surface area contributed by atoms with Crippen LogP contribution in [0.5, 0.6) is 0 Å². The number of carbonyl (C=O) groups is 1. The molecule has 5 heteroatoms. The van der Waals surface area contributed by atoms with Gasteiger partial charge in [0.1, 0.15) is 5.76 Å². The maximum absolute atomic E-state index is 12.2. The Hall–Kier alpha value is -3.14. The molecule has 0 saturated heterocycles. The second-order valence-corrected chi connectivity index (χ2v) is 15.4. The first-order chi connectivity index (χ1) is 22.6. The largest absolute Gasteiger partial charge is 0.512 e. The Balaban J connectivity index is 0.000000312. The monoisotopic (exact) mass is 838 g/mol. The van der Waals surface area contributed by atoms with Crippen LogP contribution in [-0.2, 0) is 43.2 Å². The third kappa shape index (κ3) is 8.60. The van der Waals surface area contributed by atoms with E-state index in [1.165, 1.54) is 39.3 Å². The van der Waals surface area contributed by atoms with E-state index in [9.17, 15) is 9.90 Å². The third-order valence-corrected chi connectivity index (χ3v) is 11.1. The number of ketones is 1. The predicted octanol–water partition coefficient (Wildman–Crippen LogP) is 11.9. The molecule has 265 valence electrons. The minimum absolute atomic E-state index is 0. The molecule has 0 amide bonds. The van der Waals surface area contributed by atoms with Gasteiger partial charge >= 0.3 is 0 Å². The molecule has 0 atom stereocenters. The fourth-order valence-electron chi connectivity index (χ4n) is 6.40. The van der Waals surface area contributed by atoms with E-state index in [0.717, 1.165) is 60.9 Å². The summed E-state index contributed by atoms with van der Waals surface area (Å²) in [5.41, 5.74) is 9.22. The maximum Gasteiger partial charge on any atom is 0.164 e. The molecule has 2 heterocycles. The molecule has 1 aliphatic rings. The van der Waals surface area contributed by atoms with Crippen LogP contribution >= 0.6 is 0 Å². The Labute approximate surface area is 309 Å². The van der Waals surface area contributed by atoms with Gasteiger partial charge in [-0.3, -0.25) is 14.8 Å². The summed E-state index contributed by atoms with van der Waals surface area (Å²) in [6.07, 6.45) is 10.7. The van der Waals surface area contributed by atoms with E-state index in [2.05, 4.69) is 83.1 Å². The summed E-state index contributed by atoms with van der Waals surface area (Å²) < 4.78 is 0. The molecule has 0 bridgehead atoms. The van der Waals surface area contributed by atoms with Crippen molar-refractivity contribution < 1.29 is 30.0 Å². The maximum atomic E-state index is 12.2. The quantitative estimate of drug-likeness (QED) is 0.104. The molecular weight excluding hydrogens is 781 g/mol. The number of aliphatic hydroxyl groups is 1. The number of rotatable bonds is 9. The van der Waals surface area contributed by atoms with Crippen LogP contribution < -0.4 is 0 Å². The molecule has 1 radical (unpaired) electrons. The van der Waals surface area contributed by atoms with E-state index in [-0.39, 0.29) is 47.9 Å². The Morgan fingerprint density at radius 3 is 2.10 bits per heavy atom. The molecule has 5 rings (SSSR count). The van der Waals surface area contributed by atoms with Crippen LogP contribution in [0.25, 0.3) is 33.3 Å². The fraction of sp³-hybridized carbons (Fsp3) is 0.477. The Morgan fingerprint density at radius 1 is 0.878 bits per heavy atom. The zero-order valence-corrected chi connectivity index (χ0v) is 34.1. The second kappa shape index (κ2) is 16.3. The molecule has 0 saturated carbocycles. The summed E-state index contributed by atoms with van der Waals surface area (Å²) in [5, 5.41) is 12.6. The molecule has 0 fully saturated rings. The molecular formula is C44H57IrN2O2-. The van der Waals surface area contributed by atoms with E-state index in [1.54, 1.807) is 0 Å². The van der Waals surface area contributed by atoms with Crippen LogP contribution in [0, 0.1) is 16.9 Å². The number of hydrogen-bond acceptors (Lipinski definition) is 4. The molecule has 0 aliphatic heterocycles. The number of nitrogens with zero attached hydrogens (tertiary/aromatic N) is 2. The fourth-order valence-corrected chi connectivity index (χ4v) is 6.40. The number of aromatic nitrogens is 2. The molecule has 1 aliphatic carbocycles. The van der Waals surface area contributed by atoms with Crippen LogP contribution in [-0.4, -0.2) is 20.9 Å². The minimum Gasteiger partial charge on any atom is -0.512 e. The first-order valence-corrected chi connectivity index (χ1v) is 18.0. The van der Waals surface area contributed by atoms with Gasteiger partial charge in [0, 0.05) is 55.1 Å². The first-order valence-electron chi connectivity index (χ1n) is 18.0. The number of allylic oxidation sites excluding steroid dienone is 2. The minimum atomic E-state index is -0.337. The van der Waals surface area contributed by atoms with E-state index in [4.69, 9.17) is 9.97 Å². The Bertz CT molecular complexity index is 1790. The zero-order chi connectivity index (χ0) is 35.4. The van der Waals surface area contributed by atoms with Crippen LogP contribution in [0.15, 0.2) is 66.7 Å². The van der Waals surface area contributed by atoms with Crippen LogP contribution in [0.3, 0.4) is 0 Å². The van der Waals surface area contributed by atoms with Gasteiger partial charge in [0.2, 0.25) is 0 Å². The van der Waals surface area contributed by atoms with Crippen LogP contribution in [0.1, 0.15) is 130 Å². The summed E-state index contributed by atoms with van der Waals surface area (Å²) in [5.74, 6) is 0.781. The number of pyridine rings is 2. The van der Waals surface area contributed by atoms with E-state index in [0.29, 0.717) is 5.92 Å². The van der Waals surface area contributed by atoms with Gasteiger partial charge < -0.3 is 5.11 Å². The van der Waals surface area contributed by atoms with Crippen molar-refractivity contribution in [3.05, 3.63) is 95.0 Å². The van der Waals surface area contributed by atoms with Crippen molar-refractivity contribution in [3.8, 4) is 22.5 Å². The van der Waals surface area contributed by atoms with Crippen molar-refractivity contribution in [1.82, 2.24) is 9.97 Å². The van der Waals surface area contributed by atoms with Gasteiger partial charge in [-0.05, 0) is 78.2 Å². The number of aliphatic hydroxyl groups excluding tert-OH is 1. The summed E-state index contributed by atoms with van der Waals surface area (Å²) in [6.45, 7) is 23.4. The SMILES string of the molecule is CC(C)c1cnc2c(c1)CCc1c-2ccnc1-c1[c-]c2ccccc2c(C(C)(C)C)c1.CCC(C)(CC)C(=O)/C=C(\O)C(C)(CC)CC.[Ir]. The number of fused-ring (bicyclic) bond motifs is 4. The topological polar surface area (TPSA) is 63.1 Å². The first kappa shape index (κ1) is 40.3. The third-order valence-electron chi connectivity index (χ3n) is 11.1. The van der Waals surface area contributed by atoms with Gasteiger partial charge in [0.15, 0.2) is 5.78 Å². The molecule has 2 aromatic carbocycles. The molecule has 1 N–H and O–H groups in total. The molecule has 2 aromatic heterocycles. The summed E-state index contributed by atoms with van der Waals surface area (Å²) in [6, 6.07) is 19.0. The van der Waals surface area contributed by atoms with Gasteiger partial charge in [0.05, 0.1) is 5.69 Å². The van der Waals surface area contributed by atoms with E-state index >= 15 is 0 Å². The van der Waals surface area contributed by atoms with Crippen molar-refractivity contribution in [3.63, 3.8) is 0 Å². The van der Waals surface area contributed by atoms with E-state index in [1.807, 2.05) is 53.9 Å². The average molecular weight is 838 g/mol. The van der Waals surface area contributed by atoms with Crippen molar-refractivity contribution in [1.29, 1.82) is 0 Å². The van der Waals surface area contributed by atoms with Crippen LogP contribution in [0.4, 0.5) is 0 Å². The molecule has 0 spiro atoms. The summed E-state index contributed by atoms with van der Waals surface area (Å²) in [4.78, 5) is 21.9. The predicted molar refractivity (Wildman–Crippen MR) is 203 cm³/mol. The zero-order valence-electron chi connectivity index (χ0n) is 31.7. The van der Waals surface area contributed by atoms with Crippen molar-refractivity contribution >= 4 is 16.6 Å². The van der Waals surface area contributed by atoms with Crippen LogP contribution in [0.2, 0.25) is 0 Å². The average Bonchev–Trinajstić information content (AvgIpc) is 3.09. The smallest absolute Gasteiger partial charge is 0.164 e. The number of aryl methyl sites for hydroxylation is 1. The molecule has 4 aromatic rings. The second-order valence-electron chi connectivity index (χ2n) is 15.4. The standard InChI is InChI=1S/C29H29N2.C15H28O2.Ir/c1-18(2)22-15-20-10-11-24-25(27(20)31-17-22)12-13-30-28(24)21-14-19-8-6-7-9-23(19)26(16-21)29(3,4)5;1-7-14(5,8-2)12(16)11-13(17)15(6,9-3)10-4;/h6-9,12-13,15-18H,10-11H2,1-5H3;11,16H,7-10H2,1-6H3;/q-1;;/b;12-11-;. The summed E-state index contributed by atoms with van der Waals surface area (Å²) in [7, 11) is 0. The number of benzene rings is 2. The molecule has 0 unspecified atom stereocenters. The Kier molecular flexibility index (Phi) is 13.4. The van der Waals surface area contributed by atoms with Gasteiger partial charge in [0.25, 0.3) is 0 Å². The molecule has 4 nitrogen and oxygen atoms in total. The van der Waals surface area contributed by atoms with Gasteiger partial charge in [-0.2, -0.15) is 0 Å². The Morgan fingerprint density at radius 2 is 1.51 bits per heavy atom. The van der Waals surface area contributed by atoms with Crippen molar-refractivity contribution in [2.75, 3.05) is 0 Å². The van der Waals surface area contributed by atoms with Gasteiger partial charge in [-0.1, -0.05) is 111 Å². The van der Waals surface area contributed by atoms with E-state index < -0.39 is 0 Å². The van der Waals surface area contributed by atoms with Gasteiger partial charge in [-0.15, -0.1) is 29.1 Å². The number of carbonyl (C=O) groups excluding carboxylic acids is 1. The van der Waals surface area contributed by atoms with Crippen molar-refractivity contribution in [2.45, 2.75) is 126 Å². The van der Waals surface area contributed by atoms with Crippen molar-refractivity contribution in [2.24, 2.45) is 10.8 Å². The number of hydrogen-bond donors (Lipinski definition) is 1. The normalized spacial score (nSPS) is 13.3. The molecule has 49 heavy (non-hydrogen) atoms. The summed E-state index contributed by atoms with van der Waals surface area (Å²) >= 11 is 0. The van der Waals surface area contributed by atoms with Gasteiger partial charge in [-0.25, -0.2) is 0 Å².